The molecule has 4 nitrogen and oxygen atoms in total. The molecule has 0 aliphatic rings. The van der Waals surface area contributed by atoms with Gasteiger partial charge in [0.25, 0.3) is 0 Å². The number of anilines is 1. The first-order valence-electron chi connectivity index (χ1n) is 6.40. The molecule has 1 aromatic carbocycles. The maximum Gasteiger partial charge on any atom is 0.230 e. The van der Waals surface area contributed by atoms with E-state index < -0.39 is 5.82 Å². The number of halogens is 2. The van der Waals surface area contributed by atoms with Crippen molar-refractivity contribution in [3.63, 3.8) is 0 Å². The number of hydrogen-bond donors (Lipinski definition) is 1. The minimum atomic E-state index is -0.499. The summed E-state index contributed by atoms with van der Waals surface area (Å²) >= 11 is 6.09. The standard InChI is InChI=1S/C15H12ClFN2O2/c1-2-8-6-7-11(20-8)14-13(15(18)21-19-14)12-9(16)4-3-5-10(12)17/h3-7H,2,18H2,1H3. The van der Waals surface area contributed by atoms with Gasteiger partial charge in [0.05, 0.1) is 10.6 Å². The third kappa shape index (κ3) is 2.29. The maximum atomic E-state index is 14.1. The van der Waals surface area contributed by atoms with Crippen LogP contribution in [0.5, 0.6) is 0 Å². The lowest BCUT2D eigenvalue weighted by molar-refractivity contribution is 0.434. The highest BCUT2D eigenvalue weighted by atomic mass is 35.5. The van der Waals surface area contributed by atoms with Gasteiger partial charge < -0.3 is 14.7 Å². The number of aryl methyl sites for hydroxylation is 1. The largest absolute Gasteiger partial charge is 0.459 e. The van der Waals surface area contributed by atoms with Crippen LogP contribution in [0.4, 0.5) is 10.3 Å². The first kappa shape index (κ1) is 13.7. The molecule has 0 spiro atoms. The quantitative estimate of drug-likeness (QED) is 0.771. The normalized spacial score (nSPS) is 11.0. The SMILES string of the molecule is CCc1ccc(-c2noc(N)c2-c2c(F)cccc2Cl)o1. The van der Waals surface area contributed by atoms with Crippen molar-refractivity contribution in [3.05, 3.63) is 46.9 Å². The Morgan fingerprint density at radius 3 is 2.71 bits per heavy atom. The van der Waals surface area contributed by atoms with Crippen LogP contribution in [0.3, 0.4) is 0 Å². The summed E-state index contributed by atoms with van der Waals surface area (Å²) in [5, 5.41) is 4.10. The maximum absolute atomic E-state index is 14.1. The molecule has 0 bridgehead atoms. The van der Waals surface area contributed by atoms with Crippen molar-refractivity contribution >= 4 is 17.5 Å². The fourth-order valence-electron chi connectivity index (χ4n) is 2.14. The van der Waals surface area contributed by atoms with Gasteiger partial charge in [0.1, 0.15) is 11.6 Å². The minimum Gasteiger partial charge on any atom is -0.459 e. The first-order valence-corrected chi connectivity index (χ1v) is 6.78. The number of aromatic nitrogens is 1. The fourth-order valence-corrected chi connectivity index (χ4v) is 2.40. The lowest BCUT2D eigenvalue weighted by Gasteiger charge is -2.05. The summed E-state index contributed by atoms with van der Waals surface area (Å²) in [4.78, 5) is 0. The van der Waals surface area contributed by atoms with E-state index in [9.17, 15) is 4.39 Å². The van der Waals surface area contributed by atoms with Gasteiger partial charge in [0, 0.05) is 12.0 Å². The Balaban J connectivity index is 2.22. The molecular weight excluding hydrogens is 295 g/mol. The summed E-state index contributed by atoms with van der Waals surface area (Å²) in [6, 6.07) is 7.97. The van der Waals surface area contributed by atoms with Crippen LogP contribution in [0.2, 0.25) is 5.02 Å². The monoisotopic (exact) mass is 306 g/mol. The third-order valence-electron chi connectivity index (χ3n) is 3.17. The van der Waals surface area contributed by atoms with E-state index in [0.717, 1.165) is 12.2 Å². The van der Waals surface area contributed by atoms with Crippen molar-refractivity contribution in [1.82, 2.24) is 5.16 Å². The summed E-state index contributed by atoms with van der Waals surface area (Å²) in [5.41, 5.74) is 6.58. The van der Waals surface area contributed by atoms with Crippen LogP contribution < -0.4 is 5.73 Å². The first-order chi connectivity index (χ1) is 10.1. The molecule has 0 atom stereocenters. The topological polar surface area (TPSA) is 65.2 Å². The molecule has 0 amide bonds. The van der Waals surface area contributed by atoms with Crippen molar-refractivity contribution in [2.45, 2.75) is 13.3 Å². The highest BCUT2D eigenvalue weighted by molar-refractivity contribution is 6.33. The van der Waals surface area contributed by atoms with E-state index >= 15 is 0 Å². The smallest absolute Gasteiger partial charge is 0.230 e. The number of hydrogen-bond acceptors (Lipinski definition) is 4. The second-order valence-corrected chi connectivity index (χ2v) is 4.89. The molecule has 6 heteroatoms. The van der Waals surface area contributed by atoms with Crippen molar-refractivity contribution in [2.75, 3.05) is 5.73 Å². The van der Waals surface area contributed by atoms with Gasteiger partial charge in [-0.3, -0.25) is 0 Å². The van der Waals surface area contributed by atoms with E-state index in [0.29, 0.717) is 17.0 Å². The van der Waals surface area contributed by atoms with E-state index in [1.165, 1.54) is 12.1 Å². The number of benzene rings is 1. The molecule has 3 aromatic rings. The van der Waals surface area contributed by atoms with Gasteiger partial charge in [-0.05, 0) is 24.3 Å². The van der Waals surface area contributed by atoms with Gasteiger partial charge in [0.15, 0.2) is 11.5 Å². The molecule has 0 unspecified atom stereocenters. The van der Waals surface area contributed by atoms with Gasteiger partial charge in [-0.25, -0.2) is 4.39 Å². The van der Waals surface area contributed by atoms with E-state index in [1.807, 2.05) is 13.0 Å². The van der Waals surface area contributed by atoms with Crippen LogP contribution in [-0.2, 0) is 6.42 Å². The molecule has 0 fully saturated rings. The van der Waals surface area contributed by atoms with Gasteiger partial charge in [-0.2, -0.15) is 0 Å². The summed E-state index contributed by atoms with van der Waals surface area (Å²) in [7, 11) is 0. The Labute approximate surface area is 125 Å². The Morgan fingerprint density at radius 2 is 2.05 bits per heavy atom. The van der Waals surface area contributed by atoms with Gasteiger partial charge in [0.2, 0.25) is 5.88 Å². The van der Waals surface area contributed by atoms with Crippen LogP contribution >= 0.6 is 11.6 Å². The van der Waals surface area contributed by atoms with Crippen LogP contribution in [0.25, 0.3) is 22.6 Å². The van der Waals surface area contributed by atoms with Gasteiger partial charge in [-0.1, -0.05) is 29.7 Å². The molecule has 2 heterocycles. The Hall–Kier alpha value is -2.27. The number of nitrogen functional groups attached to an aromatic ring is 1. The Bertz CT molecular complexity index is 775. The molecule has 2 aromatic heterocycles. The van der Waals surface area contributed by atoms with Crippen LogP contribution in [0, 0.1) is 5.82 Å². The molecule has 0 radical (unpaired) electrons. The molecule has 108 valence electrons. The minimum absolute atomic E-state index is 0.00792. The zero-order chi connectivity index (χ0) is 15.0. The highest BCUT2D eigenvalue weighted by Gasteiger charge is 2.24. The average Bonchev–Trinajstić information content (AvgIpc) is 3.06. The summed E-state index contributed by atoms with van der Waals surface area (Å²) in [6.07, 6.45) is 0.739. The van der Waals surface area contributed by atoms with E-state index in [2.05, 4.69) is 5.16 Å². The molecule has 0 aliphatic carbocycles. The van der Waals surface area contributed by atoms with Crippen LogP contribution in [-0.4, -0.2) is 5.16 Å². The lowest BCUT2D eigenvalue weighted by Crippen LogP contribution is -1.91. The van der Waals surface area contributed by atoms with Crippen LogP contribution in [0.1, 0.15) is 12.7 Å². The molecule has 21 heavy (non-hydrogen) atoms. The Kier molecular flexibility index (Phi) is 3.43. The zero-order valence-corrected chi connectivity index (χ0v) is 11.9. The second-order valence-electron chi connectivity index (χ2n) is 4.49. The van der Waals surface area contributed by atoms with E-state index in [4.69, 9.17) is 26.3 Å². The zero-order valence-electron chi connectivity index (χ0n) is 11.2. The fraction of sp³-hybridized carbons (Fsp3) is 0.133. The molecular formula is C15H12ClFN2O2. The van der Waals surface area contributed by atoms with Crippen molar-refractivity contribution < 1.29 is 13.3 Å². The van der Waals surface area contributed by atoms with Gasteiger partial charge in [-0.15, -0.1) is 0 Å². The average molecular weight is 307 g/mol. The summed E-state index contributed by atoms with van der Waals surface area (Å²) in [6.45, 7) is 1.97. The van der Waals surface area contributed by atoms with E-state index in [1.54, 1.807) is 12.1 Å². The second kappa shape index (κ2) is 5.26. The molecule has 0 saturated heterocycles. The number of rotatable bonds is 3. The molecule has 3 rings (SSSR count). The van der Waals surface area contributed by atoms with Crippen molar-refractivity contribution in [2.24, 2.45) is 0 Å². The predicted molar refractivity (Wildman–Crippen MR) is 78.4 cm³/mol. The summed E-state index contributed by atoms with van der Waals surface area (Å²) < 4.78 is 24.8. The van der Waals surface area contributed by atoms with E-state index in [-0.39, 0.29) is 16.5 Å². The summed E-state index contributed by atoms with van der Waals surface area (Å²) in [5.74, 6) is 0.742. The van der Waals surface area contributed by atoms with Gasteiger partial charge >= 0.3 is 0 Å². The molecule has 0 aliphatic heterocycles. The van der Waals surface area contributed by atoms with Crippen molar-refractivity contribution in [3.8, 4) is 22.6 Å². The molecule has 0 saturated carbocycles. The van der Waals surface area contributed by atoms with Crippen LogP contribution in [0.15, 0.2) is 39.3 Å². The molecule has 2 N–H and O–H groups in total. The number of furan rings is 1. The third-order valence-corrected chi connectivity index (χ3v) is 3.49. The number of nitrogens with zero attached hydrogens (tertiary/aromatic N) is 1. The van der Waals surface area contributed by atoms with Crippen molar-refractivity contribution in [1.29, 1.82) is 0 Å². The Morgan fingerprint density at radius 1 is 1.24 bits per heavy atom. The number of nitrogens with two attached hydrogens (primary N) is 1. The lowest BCUT2D eigenvalue weighted by atomic mass is 10.0. The predicted octanol–water partition coefficient (Wildman–Crippen LogP) is 4.54. The highest BCUT2D eigenvalue weighted by Crippen LogP contribution is 2.41.